The number of aromatic hydroxyl groups is 2. The number of nitrogens with zero attached hydrogens (tertiary/aromatic N) is 3. The van der Waals surface area contributed by atoms with Crippen molar-refractivity contribution < 1.29 is 19.8 Å². The molecule has 0 spiro atoms. The lowest BCUT2D eigenvalue weighted by Crippen LogP contribution is -2.22. The molecular formula is C23H16BrN3O4. The molecular weight excluding hydrogens is 462 g/mol. The van der Waals surface area contributed by atoms with Gasteiger partial charge < -0.3 is 14.8 Å². The first kappa shape index (κ1) is 19.3. The summed E-state index contributed by atoms with van der Waals surface area (Å²) in [4.78, 5) is 30.5. The summed E-state index contributed by atoms with van der Waals surface area (Å²) in [6.07, 6.45) is 1.43. The van der Waals surface area contributed by atoms with Crippen molar-refractivity contribution in [3.05, 3.63) is 99.0 Å². The number of hydrogen-bond donors (Lipinski definition) is 2. The Kier molecular flexibility index (Phi) is 4.51. The van der Waals surface area contributed by atoms with E-state index in [1.807, 2.05) is 54.6 Å². The third-order valence-corrected chi connectivity index (χ3v) is 5.85. The number of rotatable bonds is 4. The molecule has 5 rings (SSSR count). The lowest BCUT2D eigenvalue weighted by atomic mass is 9.93. The molecule has 0 atom stereocenters. The summed E-state index contributed by atoms with van der Waals surface area (Å²) < 4.78 is 3.59. The van der Waals surface area contributed by atoms with Crippen molar-refractivity contribution >= 4 is 27.5 Å². The molecule has 0 radical (unpaired) electrons. The van der Waals surface area contributed by atoms with Gasteiger partial charge in [0.05, 0.1) is 12.9 Å². The predicted molar refractivity (Wildman–Crippen MR) is 116 cm³/mol. The van der Waals surface area contributed by atoms with E-state index in [4.69, 9.17) is 0 Å². The number of carbonyl (C=O) groups excluding carboxylic acids is 2. The highest BCUT2D eigenvalue weighted by atomic mass is 79.9. The third-order valence-electron chi connectivity index (χ3n) is 5.36. The minimum atomic E-state index is -0.586. The first-order chi connectivity index (χ1) is 15.0. The van der Waals surface area contributed by atoms with Crippen molar-refractivity contribution in [3.8, 4) is 11.8 Å². The molecule has 154 valence electrons. The third kappa shape index (κ3) is 3.07. The number of benzene rings is 2. The van der Waals surface area contributed by atoms with Crippen LogP contribution in [0.4, 0.5) is 0 Å². The maximum atomic E-state index is 13.3. The van der Waals surface area contributed by atoms with Gasteiger partial charge in [0.1, 0.15) is 22.5 Å². The van der Waals surface area contributed by atoms with E-state index in [0.717, 1.165) is 20.2 Å². The van der Waals surface area contributed by atoms with E-state index in [2.05, 4.69) is 20.9 Å². The minimum Gasteiger partial charge on any atom is -0.494 e. The van der Waals surface area contributed by atoms with E-state index >= 15 is 0 Å². The van der Waals surface area contributed by atoms with Crippen LogP contribution in [0.3, 0.4) is 0 Å². The first-order valence-corrected chi connectivity index (χ1v) is 10.3. The molecule has 8 heteroatoms. The highest BCUT2D eigenvalue weighted by Gasteiger charge is 2.41. The van der Waals surface area contributed by atoms with Gasteiger partial charge in [-0.05, 0) is 23.3 Å². The normalized spacial score (nSPS) is 12.7. The Hall–Kier alpha value is -3.65. The molecule has 0 bridgehead atoms. The van der Waals surface area contributed by atoms with Gasteiger partial charge in [-0.25, -0.2) is 4.98 Å². The monoisotopic (exact) mass is 477 g/mol. The van der Waals surface area contributed by atoms with Crippen LogP contribution in [0.1, 0.15) is 43.2 Å². The van der Waals surface area contributed by atoms with Crippen LogP contribution in [0.25, 0.3) is 0 Å². The number of ketones is 2. The highest BCUT2D eigenvalue weighted by molar-refractivity contribution is 9.10. The van der Waals surface area contributed by atoms with Crippen LogP contribution in [0.5, 0.6) is 11.8 Å². The van der Waals surface area contributed by atoms with Gasteiger partial charge in [-0.2, -0.15) is 0 Å². The second kappa shape index (κ2) is 7.24. The summed E-state index contributed by atoms with van der Waals surface area (Å²) in [6, 6.07) is 16.8. The van der Waals surface area contributed by atoms with Gasteiger partial charge in [0.15, 0.2) is 0 Å². The van der Waals surface area contributed by atoms with E-state index in [1.165, 1.54) is 6.33 Å². The summed E-state index contributed by atoms with van der Waals surface area (Å²) >= 11 is 3.38. The molecule has 1 aliphatic carbocycles. The lowest BCUT2D eigenvalue weighted by Gasteiger charge is -2.13. The van der Waals surface area contributed by atoms with Gasteiger partial charge in [0.25, 0.3) is 0 Å². The van der Waals surface area contributed by atoms with Crippen LogP contribution < -0.4 is 0 Å². The fourth-order valence-corrected chi connectivity index (χ4v) is 4.36. The number of carbonyl (C=O) groups is 2. The fourth-order valence-electron chi connectivity index (χ4n) is 3.91. The second-order valence-electron chi connectivity index (χ2n) is 7.33. The Balaban J connectivity index is 1.59. The van der Waals surface area contributed by atoms with Crippen molar-refractivity contribution in [2.75, 3.05) is 0 Å². The van der Waals surface area contributed by atoms with Crippen molar-refractivity contribution in [1.29, 1.82) is 0 Å². The molecule has 0 unspecified atom stereocenters. The van der Waals surface area contributed by atoms with Gasteiger partial charge in [-0.1, -0.05) is 58.4 Å². The van der Waals surface area contributed by atoms with Crippen molar-refractivity contribution in [2.45, 2.75) is 13.1 Å². The SMILES string of the molecule is O=C1c2ncn(Cc3ccccc3)c2C(=O)c2c1c(O)n(Cc1cccc(Br)c1)c2O. The molecule has 2 aromatic carbocycles. The smallest absolute Gasteiger partial charge is 0.220 e. The Bertz CT molecular complexity index is 1350. The van der Waals surface area contributed by atoms with Gasteiger partial charge in [0, 0.05) is 11.0 Å². The Labute approximate surface area is 185 Å². The van der Waals surface area contributed by atoms with Crippen molar-refractivity contribution in [3.63, 3.8) is 0 Å². The van der Waals surface area contributed by atoms with Crippen LogP contribution in [0.2, 0.25) is 0 Å². The number of fused-ring (bicyclic) bond motifs is 2. The summed E-state index contributed by atoms with van der Waals surface area (Å²) in [6.45, 7) is 0.440. The van der Waals surface area contributed by atoms with Gasteiger partial charge in [-0.3, -0.25) is 14.2 Å². The summed E-state index contributed by atoms with van der Waals surface area (Å²) in [5.41, 5.74) is 1.39. The molecule has 2 aromatic heterocycles. The minimum absolute atomic E-state index is 0.0247. The molecule has 2 N–H and O–H groups in total. The maximum absolute atomic E-state index is 13.3. The molecule has 0 amide bonds. The molecule has 1 aliphatic rings. The molecule has 0 saturated carbocycles. The highest BCUT2D eigenvalue weighted by Crippen LogP contribution is 2.41. The second-order valence-corrected chi connectivity index (χ2v) is 8.24. The molecule has 31 heavy (non-hydrogen) atoms. The topological polar surface area (TPSA) is 97.4 Å². The summed E-state index contributed by atoms with van der Waals surface area (Å²) in [5.74, 6) is -2.02. The number of aromatic nitrogens is 3. The molecule has 2 heterocycles. The Morgan fingerprint density at radius 3 is 2.23 bits per heavy atom. The van der Waals surface area contributed by atoms with E-state index < -0.39 is 23.3 Å². The summed E-state index contributed by atoms with van der Waals surface area (Å²) in [5, 5.41) is 21.5. The van der Waals surface area contributed by atoms with Gasteiger partial charge in [-0.15, -0.1) is 0 Å². The predicted octanol–water partition coefficient (Wildman–Crippen LogP) is 3.73. The average molecular weight is 478 g/mol. The first-order valence-electron chi connectivity index (χ1n) is 9.53. The largest absolute Gasteiger partial charge is 0.494 e. The Morgan fingerprint density at radius 1 is 0.839 bits per heavy atom. The van der Waals surface area contributed by atoms with Crippen LogP contribution in [-0.4, -0.2) is 35.9 Å². The Morgan fingerprint density at radius 2 is 1.52 bits per heavy atom. The number of halogens is 1. The number of hydrogen-bond acceptors (Lipinski definition) is 5. The van der Waals surface area contributed by atoms with E-state index in [-0.39, 0.29) is 29.1 Å². The van der Waals surface area contributed by atoms with Gasteiger partial charge in [0.2, 0.25) is 23.3 Å². The maximum Gasteiger partial charge on any atom is 0.220 e. The quantitative estimate of drug-likeness (QED) is 0.411. The average Bonchev–Trinajstić information content (AvgIpc) is 3.28. The number of imidazole rings is 1. The summed E-state index contributed by atoms with van der Waals surface area (Å²) in [7, 11) is 0. The molecule has 0 aliphatic heterocycles. The van der Waals surface area contributed by atoms with Crippen molar-refractivity contribution in [2.24, 2.45) is 0 Å². The molecule has 0 fully saturated rings. The standard InChI is InChI=1S/C23H16BrN3O4/c24-15-8-4-7-14(9-15)11-27-22(30)16-17(23(27)31)21(29)19-18(20(16)28)25-12-26(19)10-13-5-2-1-3-6-13/h1-9,12,30-31H,10-11H2. The van der Waals surface area contributed by atoms with E-state index in [0.29, 0.717) is 6.54 Å². The lowest BCUT2D eigenvalue weighted by molar-refractivity contribution is 0.0968. The van der Waals surface area contributed by atoms with Crippen LogP contribution in [0.15, 0.2) is 65.4 Å². The van der Waals surface area contributed by atoms with Crippen LogP contribution in [0, 0.1) is 0 Å². The zero-order chi connectivity index (χ0) is 21.7. The van der Waals surface area contributed by atoms with Gasteiger partial charge >= 0.3 is 0 Å². The molecule has 4 aromatic rings. The van der Waals surface area contributed by atoms with Crippen LogP contribution >= 0.6 is 15.9 Å². The van der Waals surface area contributed by atoms with Crippen LogP contribution in [-0.2, 0) is 13.1 Å². The van der Waals surface area contributed by atoms with E-state index in [1.54, 1.807) is 4.57 Å². The van der Waals surface area contributed by atoms with E-state index in [9.17, 15) is 19.8 Å². The zero-order valence-corrected chi connectivity index (χ0v) is 17.7. The molecule has 7 nitrogen and oxygen atoms in total. The van der Waals surface area contributed by atoms with Crippen molar-refractivity contribution in [1.82, 2.24) is 14.1 Å². The fraction of sp³-hybridized carbons (Fsp3) is 0.0870. The molecule has 0 saturated heterocycles. The zero-order valence-electron chi connectivity index (χ0n) is 16.1.